The van der Waals surface area contributed by atoms with Gasteiger partial charge in [0.2, 0.25) is 11.8 Å². The van der Waals surface area contributed by atoms with Gasteiger partial charge in [0.15, 0.2) is 0 Å². The third kappa shape index (κ3) is 2.88. The largest absolute Gasteiger partial charge is 0.474 e. The second-order valence-electron chi connectivity index (χ2n) is 6.05. The lowest BCUT2D eigenvalue weighted by molar-refractivity contribution is -0.113. The summed E-state index contributed by atoms with van der Waals surface area (Å²) in [4.78, 5) is 17.6. The molecule has 0 fully saturated rings. The maximum absolute atomic E-state index is 11.1. The van der Waals surface area contributed by atoms with E-state index in [-0.39, 0.29) is 0 Å². The minimum atomic E-state index is -0.568. The van der Waals surface area contributed by atoms with E-state index in [0.717, 1.165) is 34.3 Å². The van der Waals surface area contributed by atoms with Gasteiger partial charge in [-0.15, -0.1) is 12.6 Å². The van der Waals surface area contributed by atoms with E-state index in [1.54, 1.807) is 17.1 Å². The number of thiol groups is 1. The molecule has 0 saturated heterocycles. The van der Waals surface area contributed by atoms with Crippen LogP contribution in [0.4, 0.5) is 5.69 Å². The second kappa shape index (κ2) is 6.38. The lowest BCUT2D eigenvalue weighted by Crippen LogP contribution is -2.29. The number of nitrogens with two attached hydrogens (primary N) is 1. The summed E-state index contributed by atoms with van der Waals surface area (Å²) in [7, 11) is 2.03. The van der Waals surface area contributed by atoms with Crippen molar-refractivity contribution in [1.29, 1.82) is 0 Å². The summed E-state index contributed by atoms with van der Waals surface area (Å²) in [6.45, 7) is 1.48. The lowest BCUT2D eigenvalue weighted by Gasteiger charge is -2.27. The van der Waals surface area contributed by atoms with Gasteiger partial charge in [-0.2, -0.15) is 5.10 Å². The molecule has 0 saturated carbocycles. The molecule has 4 rings (SSSR count). The number of nitrogens with zero attached hydrogens (tertiary/aromatic N) is 4. The maximum Gasteiger partial charge on any atom is 0.244 e. The van der Waals surface area contributed by atoms with Gasteiger partial charge in [0.1, 0.15) is 17.3 Å². The number of hydrogen-bond acceptors (Lipinski definition) is 6. The van der Waals surface area contributed by atoms with Crippen molar-refractivity contribution in [3.63, 3.8) is 0 Å². The van der Waals surface area contributed by atoms with Crippen molar-refractivity contribution in [3.05, 3.63) is 42.7 Å². The molecule has 1 amide bonds. The van der Waals surface area contributed by atoms with Gasteiger partial charge in [-0.3, -0.25) is 4.79 Å². The Bertz CT molecular complexity index is 1040. The maximum atomic E-state index is 11.1. The summed E-state index contributed by atoms with van der Waals surface area (Å²) in [6.07, 6.45) is 4.76. The number of anilines is 1. The molecule has 132 valence electrons. The highest BCUT2D eigenvalue weighted by molar-refractivity contribution is 7.90. The molecule has 0 unspecified atom stereocenters. The molecule has 7 nitrogen and oxygen atoms in total. The summed E-state index contributed by atoms with van der Waals surface area (Å²) in [5, 5.41) is 5.58. The Morgan fingerprint density at radius 3 is 2.96 bits per heavy atom. The Morgan fingerprint density at radius 1 is 1.31 bits per heavy atom. The molecule has 1 aliphatic heterocycles. The van der Waals surface area contributed by atoms with Crippen LogP contribution in [0, 0.1) is 0 Å². The zero-order valence-corrected chi connectivity index (χ0v) is 15.0. The van der Waals surface area contributed by atoms with E-state index in [1.807, 2.05) is 25.2 Å². The number of hydrogen-bond donors (Lipinski definition) is 2. The van der Waals surface area contributed by atoms with Crippen LogP contribution in [0.5, 0.6) is 5.88 Å². The molecule has 0 bridgehead atoms. The number of likely N-dealkylation sites (N-methyl/N-ethyl adjacent to an activating group) is 1. The number of rotatable bonds is 3. The molecule has 2 N–H and O–H groups in total. The molecule has 0 radical (unpaired) electrons. The number of aromatic nitrogens is 3. The highest BCUT2D eigenvalue weighted by Gasteiger charge is 2.17. The molecule has 0 spiro atoms. The zero-order valence-electron chi connectivity index (χ0n) is 14.1. The van der Waals surface area contributed by atoms with Crippen LogP contribution in [0.2, 0.25) is 0 Å². The number of carbonyl (C=O) groups is 1. The molecule has 8 heteroatoms. The standard InChI is InChI=1S/C18H17N5O2S/c1-22-4-5-25-18-15(22)7-12(9-20-18)11-2-3-14-13(6-11)10-21-23(14)17(26)8-16(19)24/h2-3,6-10,26H,4-5H2,1H3,(H2,19,24)/b17-8-. The van der Waals surface area contributed by atoms with Gasteiger partial charge in [-0.25, -0.2) is 9.67 Å². The fourth-order valence-corrected chi connectivity index (χ4v) is 3.25. The first kappa shape index (κ1) is 16.5. The summed E-state index contributed by atoms with van der Waals surface area (Å²) in [6, 6.07) is 8.02. The smallest absolute Gasteiger partial charge is 0.244 e. The topological polar surface area (TPSA) is 86.3 Å². The average molecular weight is 367 g/mol. The normalized spacial score (nSPS) is 14.2. The van der Waals surface area contributed by atoms with Crippen LogP contribution >= 0.6 is 12.6 Å². The Hall–Kier alpha value is -3.00. The van der Waals surface area contributed by atoms with Gasteiger partial charge in [0, 0.05) is 30.3 Å². The first-order chi connectivity index (χ1) is 12.5. The van der Waals surface area contributed by atoms with Gasteiger partial charge >= 0.3 is 0 Å². The van der Waals surface area contributed by atoms with Gasteiger partial charge in [0.05, 0.1) is 18.3 Å². The Labute approximate surface area is 155 Å². The number of carbonyl (C=O) groups excluding carboxylic acids is 1. The molecule has 0 atom stereocenters. The quantitative estimate of drug-likeness (QED) is 0.547. The number of fused-ring (bicyclic) bond motifs is 2. The molecular formula is C18H17N5O2S. The van der Waals surface area contributed by atoms with Gasteiger partial charge < -0.3 is 15.4 Å². The zero-order chi connectivity index (χ0) is 18.3. The third-order valence-corrected chi connectivity index (χ3v) is 4.62. The predicted octanol–water partition coefficient (Wildman–Crippen LogP) is 2.14. The van der Waals surface area contributed by atoms with E-state index in [2.05, 4.69) is 33.7 Å². The summed E-state index contributed by atoms with van der Waals surface area (Å²) >= 11 is 4.29. The number of primary amides is 1. The van der Waals surface area contributed by atoms with Crippen molar-refractivity contribution < 1.29 is 9.53 Å². The monoisotopic (exact) mass is 367 g/mol. The minimum absolute atomic E-state index is 0.370. The molecule has 3 aromatic rings. The molecule has 3 heterocycles. The first-order valence-electron chi connectivity index (χ1n) is 8.05. The molecule has 1 aliphatic rings. The minimum Gasteiger partial charge on any atom is -0.474 e. The summed E-state index contributed by atoms with van der Waals surface area (Å²) in [5.74, 6) is 0.0921. The van der Waals surface area contributed by atoms with E-state index in [0.29, 0.717) is 17.5 Å². The Morgan fingerprint density at radius 2 is 2.15 bits per heavy atom. The fraction of sp³-hybridized carbons (Fsp3) is 0.167. The van der Waals surface area contributed by atoms with Crippen molar-refractivity contribution in [1.82, 2.24) is 14.8 Å². The summed E-state index contributed by atoms with van der Waals surface area (Å²) in [5.41, 5.74) is 9.01. The van der Waals surface area contributed by atoms with Crippen LogP contribution in [0.3, 0.4) is 0 Å². The number of pyridine rings is 1. The van der Waals surface area contributed by atoms with Crippen molar-refractivity contribution in [2.45, 2.75) is 0 Å². The third-order valence-electron chi connectivity index (χ3n) is 4.30. The predicted molar refractivity (Wildman–Crippen MR) is 104 cm³/mol. The fourth-order valence-electron chi connectivity index (χ4n) is 2.97. The highest BCUT2D eigenvalue weighted by atomic mass is 32.1. The van der Waals surface area contributed by atoms with E-state index >= 15 is 0 Å². The van der Waals surface area contributed by atoms with Gasteiger partial charge in [-0.05, 0) is 23.8 Å². The molecule has 26 heavy (non-hydrogen) atoms. The van der Waals surface area contributed by atoms with Crippen LogP contribution in [0.1, 0.15) is 0 Å². The van der Waals surface area contributed by atoms with Crippen LogP contribution in [-0.2, 0) is 4.79 Å². The summed E-state index contributed by atoms with van der Waals surface area (Å²) < 4.78 is 7.17. The number of amides is 1. The van der Waals surface area contributed by atoms with Crippen molar-refractivity contribution in [3.8, 4) is 17.0 Å². The van der Waals surface area contributed by atoms with E-state index in [1.165, 1.54) is 6.08 Å². The number of benzene rings is 1. The Balaban J connectivity index is 1.75. The molecule has 2 aromatic heterocycles. The first-order valence-corrected chi connectivity index (χ1v) is 8.50. The molecular weight excluding hydrogens is 350 g/mol. The SMILES string of the molecule is CN1CCOc2ncc(-c3ccc4c(cnn4/C(S)=C/C(N)=O)c3)cc21. The van der Waals surface area contributed by atoms with E-state index < -0.39 is 5.91 Å². The van der Waals surface area contributed by atoms with E-state index in [9.17, 15) is 4.79 Å². The Kier molecular flexibility index (Phi) is 4.04. The molecule has 1 aromatic carbocycles. The van der Waals surface area contributed by atoms with E-state index in [4.69, 9.17) is 10.5 Å². The van der Waals surface area contributed by atoms with Crippen molar-refractivity contribution >= 4 is 40.2 Å². The average Bonchev–Trinajstić information content (AvgIpc) is 3.04. The van der Waals surface area contributed by atoms with Gasteiger partial charge in [0.25, 0.3) is 0 Å². The number of ether oxygens (including phenoxy) is 1. The van der Waals surface area contributed by atoms with Crippen LogP contribution in [0.25, 0.3) is 27.1 Å². The lowest BCUT2D eigenvalue weighted by atomic mass is 10.1. The van der Waals surface area contributed by atoms with Gasteiger partial charge in [-0.1, -0.05) is 6.07 Å². The van der Waals surface area contributed by atoms with Crippen LogP contribution in [-0.4, -0.2) is 40.9 Å². The van der Waals surface area contributed by atoms with Crippen molar-refractivity contribution in [2.24, 2.45) is 5.73 Å². The van der Waals surface area contributed by atoms with Crippen LogP contribution < -0.4 is 15.4 Å². The second-order valence-corrected chi connectivity index (χ2v) is 6.51. The molecule has 0 aliphatic carbocycles. The van der Waals surface area contributed by atoms with Crippen molar-refractivity contribution in [2.75, 3.05) is 25.1 Å². The highest BCUT2D eigenvalue weighted by Crippen LogP contribution is 2.33. The van der Waals surface area contributed by atoms with Crippen LogP contribution in [0.15, 0.2) is 42.7 Å².